The Morgan fingerprint density at radius 3 is 2.83 bits per heavy atom. The van der Waals surface area contributed by atoms with E-state index in [0.717, 1.165) is 11.1 Å². The predicted molar refractivity (Wildman–Crippen MR) is 73.0 cm³/mol. The lowest BCUT2D eigenvalue weighted by Crippen LogP contribution is -2.25. The maximum atomic E-state index is 11.3. The molecule has 0 spiro atoms. The summed E-state index contributed by atoms with van der Waals surface area (Å²) in [7, 11) is 0. The molecule has 0 aliphatic rings. The Hall–Kier alpha value is -1.53. The molecule has 96 valence electrons. The summed E-state index contributed by atoms with van der Waals surface area (Å²) in [6, 6.07) is 3.58. The van der Waals surface area contributed by atoms with Crippen LogP contribution < -0.4 is 5.73 Å². The van der Waals surface area contributed by atoms with E-state index in [1.165, 1.54) is 11.3 Å². The molecule has 0 bridgehead atoms. The Morgan fingerprint density at radius 2 is 2.28 bits per heavy atom. The molecule has 2 rings (SSSR count). The first-order valence-corrected chi connectivity index (χ1v) is 6.70. The minimum atomic E-state index is -0.345. The van der Waals surface area contributed by atoms with Crippen LogP contribution in [-0.4, -0.2) is 15.9 Å². The molecule has 0 saturated heterocycles. The van der Waals surface area contributed by atoms with E-state index in [1.807, 2.05) is 26.0 Å². The Bertz CT molecular complexity index is 580. The lowest BCUT2D eigenvalue weighted by Gasteiger charge is -2.19. The van der Waals surface area contributed by atoms with Gasteiger partial charge in [-0.1, -0.05) is 13.0 Å². The zero-order valence-corrected chi connectivity index (χ0v) is 11.1. The van der Waals surface area contributed by atoms with Gasteiger partial charge in [0.2, 0.25) is 0 Å². The van der Waals surface area contributed by atoms with Gasteiger partial charge in [-0.3, -0.25) is 10.1 Å². The Morgan fingerprint density at radius 1 is 1.56 bits per heavy atom. The van der Waals surface area contributed by atoms with Crippen LogP contribution in [0.25, 0.3) is 10.2 Å². The molecule has 18 heavy (non-hydrogen) atoms. The molecule has 1 heterocycles. The van der Waals surface area contributed by atoms with Crippen LogP contribution in [0.2, 0.25) is 0 Å². The molecule has 2 N–H and O–H groups in total. The van der Waals surface area contributed by atoms with Crippen molar-refractivity contribution in [2.24, 2.45) is 5.73 Å². The summed E-state index contributed by atoms with van der Waals surface area (Å²) in [6.45, 7) is 3.87. The van der Waals surface area contributed by atoms with Crippen LogP contribution >= 0.6 is 11.3 Å². The highest BCUT2D eigenvalue weighted by molar-refractivity contribution is 7.16. The molecule has 0 aliphatic carbocycles. The lowest BCUT2D eigenvalue weighted by molar-refractivity contribution is -0.384. The standard InChI is InChI=1S/C12H15N3O2S/c1-3-8(7(2)13)9-4-5-10-11(14-6-18-10)12(9)15(16)17/h4-8H,3,13H2,1-2H3. The van der Waals surface area contributed by atoms with Crippen LogP contribution in [0.4, 0.5) is 5.69 Å². The number of aromatic nitrogens is 1. The van der Waals surface area contributed by atoms with Crippen LogP contribution in [-0.2, 0) is 0 Å². The van der Waals surface area contributed by atoms with Gasteiger partial charge in [0.25, 0.3) is 5.69 Å². The smallest absolute Gasteiger partial charge is 0.299 e. The molecular weight excluding hydrogens is 250 g/mol. The third-order valence-electron chi connectivity index (χ3n) is 3.16. The van der Waals surface area contributed by atoms with Gasteiger partial charge in [-0.15, -0.1) is 11.3 Å². The summed E-state index contributed by atoms with van der Waals surface area (Å²) in [5, 5.41) is 11.3. The van der Waals surface area contributed by atoms with E-state index >= 15 is 0 Å². The van der Waals surface area contributed by atoms with Crippen molar-refractivity contribution in [2.75, 3.05) is 0 Å². The van der Waals surface area contributed by atoms with Gasteiger partial charge in [-0.2, -0.15) is 0 Å². The average Bonchev–Trinajstić information content (AvgIpc) is 2.76. The monoisotopic (exact) mass is 265 g/mol. The van der Waals surface area contributed by atoms with Gasteiger partial charge < -0.3 is 5.73 Å². The summed E-state index contributed by atoms with van der Waals surface area (Å²) < 4.78 is 0.838. The molecule has 0 amide bonds. The Labute approximate surface area is 109 Å². The normalized spacial score (nSPS) is 14.6. The zero-order valence-electron chi connectivity index (χ0n) is 10.3. The number of benzene rings is 1. The van der Waals surface area contributed by atoms with E-state index < -0.39 is 0 Å². The number of nitrogens with zero attached hydrogens (tertiary/aromatic N) is 2. The van der Waals surface area contributed by atoms with Crippen molar-refractivity contribution in [1.82, 2.24) is 4.98 Å². The van der Waals surface area contributed by atoms with Crippen molar-refractivity contribution in [1.29, 1.82) is 0 Å². The van der Waals surface area contributed by atoms with Crippen molar-refractivity contribution in [2.45, 2.75) is 32.2 Å². The highest BCUT2D eigenvalue weighted by Crippen LogP contribution is 2.37. The number of fused-ring (bicyclic) bond motifs is 1. The van der Waals surface area contributed by atoms with Gasteiger partial charge in [-0.05, 0) is 19.4 Å². The first-order chi connectivity index (χ1) is 8.56. The van der Waals surface area contributed by atoms with Gasteiger partial charge in [0.05, 0.1) is 15.1 Å². The van der Waals surface area contributed by atoms with E-state index in [2.05, 4.69) is 4.98 Å². The minimum Gasteiger partial charge on any atom is -0.327 e. The quantitative estimate of drug-likeness (QED) is 0.680. The van der Waals surface area contributed by atoms with Crippen LogP contribution in [0.1, 0.15) is 31.7 Å². The summed E-state index contributed by atoms with van der Waals surface area (Å²) in [5.74, 6) is -0.0171. The number of hydrogen-bond donors (Lipinski definition) is 1. The second-order valence-electron chi connectivity index (χ2n) is 4.33. The van der Waals surface area contributed by atoms with Crippen LogP contribution in [0.5, 0.6) is 0 Å². The molecule has 2 aromatic rings. The van der Waals surface area contributed by atoms with E-state index in [-0.39, 0.29) is 22.6 Å². The molecule has 0 fully saturated rings. The third-order valence-corrected chi connectivity index (χ3v) is 3.96. The summed E-state index contributed by atoms with van der Waals surface area (Å²) in [5.41, 5.74) is 8.83. The Kier molecular flexibility index (Phi) is 3.58. The van der Waals surface area contributed by atoms with Crippen LogP contribution in [0, 0.1) is 10.1 Å². The van der Waals surface area contributed by atoms with Crippen LogP contribution in [0.15, 0.2) is 17.6 Å². The number of rotatable bonds is 4. The van der Waals surface area contributed by atoms with Crippen molar-refractivity contribution in [3.8, 4) is 0 Å². The third kappa shape index (κ3) is 2.09. The molecule has 1 aromatic carbocycles. The SMILES string of the molecule is CCC(c1ccc2scnc2c1[N+](=O)[O-])C(C)N. The molecule has 0 saturated carbocycles. The second-order valence-corrected chi connectivity index (χ2v) is 5.22. The number of thiazole rings is 1. The number of nitrogens with two attached hydrogens (primary N) is 1. The molecule has 5 nitrogen and oxygen atoms in total. The second kappa shape index (κ2) is 4.99. The largest absolute Gasteiger partial charge is 0.327 e. The van der Waals surface area contributed by atoms with E-state index in [9.17, 15) is 10.1 Å². The number of nitro benzene ring substituents is 1. The topological polar surface area (TPSA) is 82.0 Å². The van der Waals surface area contributed by atoms with E-state index in [4.69, 9.17) is 5.73 Å². The lowest BCUT2D eigenvalue weighted by atomic mass is 9.89. The zero-order chi connectivity index (χ0) is 13.3. The number of nitro groups is 1. The molecule has 0 aliphatic heterocycles. The molecule has 1 aromatic heterocycles. The minimum absolute atomic E-state index is 0.0171. The number of hydrogen-bond acceptors (Lipinski definition) is 5. The van der Waals surface area contributed by atoms with Gasteiger partial charge in [0.1, 0.15) is 0 Å². The maximum Gasteiger partial charge on any atom is 0.299 e. The van der Waals surface area contributed by atoms with Gasteiger partial charge >= 0.3 is 0 Å². The summed E-state index contributed by atoms with van der Waals surface area (Å²) in [6.07, 6.45) is 0.772. The maximum absolute atomic E-state index is 11.3. The Balaban J connectivity index is 2.69. The highest BCUT2D eigenvalue weighted by Gasteiger charge is 2.27. The van der Waals surface area contributed by atoms with Crippen molar-refractivity contribution < 1.29 is 4.92 Å². The molecule has 2 unspecified atom stereocenters. The van der Waals surface area contributed by atoms with E-state index in [0.29, 0.717) is 11.1 Å². The predicted octanol–water partition coefficient (Wildman–Crippen LogP) is 3.05. The van der Waals surface area contributed by atoms with Gasteiger partial charge in [0, 0.05) is 17.5 Å². The molecule has 0 radical (unpaired) electrons. The van der Waals surface area contributed by atoms with Crippen molar-refractivity contribution in [3.05, 3.63) is 33.3 Å². The molecule has 2 atom stereocenters. The molecule has 6 heteroatoms. The average molecular weight is 265 g/mol. The van der Waals surface area contributed by atoms with Gasteiger partial charge in [0.15, 0.2) is 5.52 Å². The van der Waals surface area contributed by atoms with E-state index in [1.54, 1.807) is 5.51 Å². The fourth-order valence-corrected chi connectivity index (χ4v) is 2.98. The van der Waals surface area contributed by atoms with Crippen LogP contribution in [0.3, 0.4) is 0 Å². The van der Waals surface area contributed by atoms with Gasteiger partial charge in [-0.25, -0.2) is 4.98 Å². The first-order valence-electron chi connectivity index (χ1n) is 5.82. The summed E-state index contributed by atoms with van der Waals surface area (Å²) in [4.78, 5) is 15.1. The fraction of sp³-hybridized carbons (Fsp3) is 0.417. The van der Waals surface area contributed by atoms with Crippen molar-refractivity contribution in [3.63, 3.8) is 0 Å². The van der Waals surface area contributed by atoms with Crippen molar-refractivity contribution >= 4 is 27.2 Å². The highest BCUT2D eigenvalue weighted by atomic mass is 32.1. The fourth-order valence-electron chi connectivity index (χ4n) is 2.30. The first kappa shape index (κ1) is 12.9. The molecular formula is C12H15N3O2S. The summed E-state index contributed by atoms with van der Waals surface area (Å²) >= 11 is 1.41.